The summed E-state index contributed by atoms with van der Waals surface area (Å²) in [6.07, 6.45) is 4.14. The minimum Gasteiger partial charge on any atom is -0.496 e. The number of nitrogens with one attached hydrogen (secondary N) is 1. The number of rotatable bonds is 9. The van der Waals surface area contributed by atoms with E-state index in [0.29, 0.717) is 19.5 Å². The lowest BCUT2D eigenvalue weighted by Gasteiger charge is -2.09. The molecule has 0 spiro atoms. The Kier molecular flexibility index (Phi) is 6.85. The van der Waals surface area contributed by atoms with Gasteiger partial charge in [0.15, 0.2) is 0 Å². The Bertz CT molecular complexity index is 1220. The zero-order valence-electron chi connectivity index (χ0n) is 18.2. The molecule has 0 aliphatic rings. The molecule has 1 N–H and O–H groups in total. The molecule has 0 aliphatic carbocycles. The molecular formula is C27H27FN2O2. The highest BCUT2D eigenvalue weighted by atomic mass is 19.1. The molecule has 4 aromatic rings. The standard InChI is InChI=1S/C27H27FN2O2/c1-32-26-14-5-2-9-21(26)17-29-27(31)15-7-10-22-19-30(25-13-4-3-12-24(22)25)18-20-8-6-11-23(28)16-20/h2-6,8-9,11-14,16,19H,7,10,15,17-18H2,1H3,(H,29,31). The Morgan fingerprint density at radius 3 is 2.66 bits per heavy atom. The summed E-state index contributed by atoms with van der Waals surface area (Å²) in [5.74, 6) is 0.580. The highest BCUT2D eigenvalue weighted by molar-refractivity contribution is 5.84. The van der Waals surface area contributed by atoms with E-state index in [-0.39, 0.29) is 11.7 Å². The van der Waals surface area contributed by atoms with E-state index in [0.717, 1.165) is 35.2 Å². The van der Waals surface area contributed by atoms with Gasteiger partial charge < -0.3 is 14.6 Å². The minimum absolute atomic E-state index is 0.0272. The fraction of sp³-hybridized carbons (Fsp3) is 0.222. The summed E-state index contributed by atoms with van der Waals surface area (Å²) in [6, 6.07) is 22.6. The van der Waals surface area contributed by atoms with Crippen molar-refractivity contribution in [2.45, 2.75) is 32.4 Å². The summed E-state index contributed by atoms with van der Waals surface area (Å²) in [6.45, 7) is 1.06. The van der Waals surface area contributed by atoms with Gasteiger partial charge in [-0.15, -0.1) is 0 Å². The van der Waals surface area contributed by atoms with Gasteiger partial charge in [0, 0.05) is 42.2 Å². The number of hydrogen-bond donors (Lipinski definition) is 1. The van der Waals surface area contributed by atoms with Gasteiger partial charge in [0.1, 0.15) is 11.6 Å². The van der Waals surface area contributed by atoms with Gasteiger partial charge in [0.25, 0.3) is 0 Å². The van der Waals surface area contributed by atoms with Crippen LogP contribution in [0.15, 0.2) is 79.0 Å². The molecule has 0 saturated carbocycles. The number of aromatic nitrogens is 1. The van der Waals surface area contributed by atoms with Gasteiger partial charge in [-0.05, 0) is 48.2 Å². The Balaban J connectivity index is 1.37. The van der Waals surface area contributed by atoms with Crippen molar-refractivity contribution in [3.05, 3.63) is 102 Å². The van der Waals surface area contributed by atoms with Crippen molar-refractivity contribution < 1.29 is 13.9 Å². The second kappa shape index (κ2) is 10.1. The zero-order chi connectivity index (χ0) is 22.3. The normalized spacial score (nSPS) is 10.9. The summed E-state index contributed by atoms with van der Waals surface area (Å²) in [5, 5.41) is 4.16. The monoisotopic (exact) mass is 430 g/mol. The van der Waals surface area contributed by atoms with Crippen LogP contribution in [0.3, 0.4) is 0 Å². The van der Waals surface area contributed by atoms with Gasteiger partial charge in [-0.2, -0.15) is 0 Å². The van der Waals surface area contributed by atoms with E-state index in [2.05, 4.69) is 28.2 Å². The molecule has 0 unspecified atom stereocenters. The summed E-state index contributed by atoms with van der Waals surface area (Å²) in [5.41, 5.74) is 4.21. The average Bonchev–Trinajstić information content (AvgIpc) is 3.15. The van der Waals surface area contributed by atoms with Crippen molar-refractivity contribution in [1.29, 1.82) is 0 Å². The van der Waals surface area contributed by atoms with Gasteiger partial charge in [0.05, 0.1) is 7.11 Å². The molecule has 4 rings (SSSR count). The minimum atomic E-state index is -0.224. The van der Waals surface area contributed by atoms with Crippen molar-refractivity contribution in [3.63, 3.8) is 0 Å². The number of aryl methyl sites for hydroxylation is 1. The van der Waals surface area contributed by atoms with Crippen LogP contribution in [-0.4, -0.2) is 17.6 Å². The number of halogens is 1. The predicted molar refractivity (Wildman–Crippen MR) is 125 cm³/mol. The molecule has 0 radical (unpaired) electrons. The Morgan fingerprint density at radius 2 is 1.81 bits per heavy atom. The van der Waals surface area contributed by atoms with Crippen molar-refractivity contribution >= 4 is 16.8 Å². The predicted octanol–water partition coefficient (Wildman–Crippen LogP) is 5.48. The van der Waals surface area contributed by atoms with Crippen LogP contribution in [0.2, 0.25) is 0 Å². The third kappa shape index (κ3) is 5.17. The van der Waals surface area contributed by atoms with Crippen LogP contribution in [0, 0.1) is 5.82 Å². The molecule has 1 heterocycles. The summed E-state index contributed by atoms with van der Waals surface area (Å²) in [7, 11) is 1.63. The maximum Gasteiger partial charge on any atom is 0.220 e. The van der Waals surface area contributed by atoms with Crippen molar-refractivity contribution in [2.75, 3.05) is 7.11 Å². The fourth-order valence-corrected chi connectivity index (χ4v) is 4.06. The fourth-order valence-electron chi connectivity index (χ4n) is 4.06. The van der Waals surface area contributed by atoms with Gasteiger partial charge >= 0.3 is 0 Å². The van der Waals surface area contributed by atoms with Crippen LogP contribution in [0.4, 0.5) is 4.39 Å². The molecule has 0 atom stereocenters. The number of fused-ring (bicyclic) bond motifs is 1. The van der Waals surface area contributed by atoms with Gasteiger partial charge in [-0.1, -0.05) is 48.5 Å². The van der Waals surface area contributed by atoms with Crippen LogP contribution in [0.5, 0.6) is 5.75 Å². The second-order valence-corrected chi connectivity index (χ2v) is 7.87. The van der Waals surface area contributed by atoms with Gasteiger partial charge in [-0.3, -0.25) is 4.79 Å². The van der Waals surface area contributed by atoms with E-state index >= 15 is 0 Å². The first-order valence-corrected chi connectivity index (χ1v) is 10.8. The Hall–Kier alpha value is -3.60. The van der Waals surface area contributed by atoms with Crippen molar-refractivity contribution in [3.8, 4) is 5.75 Å². The Labute approximate surface area is 187 Å². The van der Waals surface area contributed by atoms with Crippen LogP contribution in [-0.2, 0) is 24.3 Å². The van der Waals surface area contributed by atoms with Crippen LogP contribution >= 0.6 is 0 Å². The molecule has 0 aliphatic heterocycles. The molecule has 4 nitrogen and oxygen atoms in total. The van der Waals surface area contributed by atoms with E-state index in [1.54, 1.807) is 19.2 Å². The van der Waals surface area contributed by atoms with E-state index < -0.39 is 0 Å². The van der Waals surface area contributed by atoms with E-state index in [9.17, 15) is 9.18 Å². The lowest BCUT2D eigenvalue weighted by molar-refractivity contribution is -0.121. The highest BCUT2D eigenvalue weighted by Gasteiger charge is 2.10. The first-order valence-electron chi connectivity index (χ1n) is 10.8. The number of amides is 1. The number of methoxy groups -OCH3 is 1. The molecule has 0 bridgehead atoms. The quantitative estimate of drug-likeness (QED) is 0.382. The summed E-state index contributed by atoms with van der Waals surface area (Å²) in [4.78, 5) is 12.4. The van der Waals surface area contributed by atoms with Crippen molar-refractivity contribution in [2.24, 2.45) is 0 Å². The summed E-state index contributed by atoms with van der Waals surface area (Å²) < 4.78 is 21.1. The van der Waals surface area contributed by atoms with Gasteiger partial charge in [-0.25, -0.2) is 4.39 Å². The smallest absolute Gasteiger partial charge is 0.220 e. The highest BCUT2D eigenvalue weighted by Crippen LogP contribution is 2.24. The number of carbonyl (C=O) groups is 1. The maximum absolute atomic E-state index is 13.6. The molecule has 1 amide bonds. The number of ether oxygens (including phenoxy) is 1. The molecule has 32 heavy (non-hydrogen) atoms. The molecular weight excluding hydrogens is 403 g/mol. The van der Waals surface area contributed by atoms with Gasteiger partial charge in [0.2, 0.25) is 5.91 Å². The zero-order valence-corrected chi connectivity index (χ0v) is 18.2. The average molecular weight is 431 g/mol. The number of hydrogen-bond acceptors (Lipinski definition) is 2. The first-order chi connectivity index (χ1) is 15.6. The first kappa shape index (κ1) is 21.6. The largest absolute Gasteiger partial charge is 0.496 e. The van der Waals surface area contributed by atoms with E-state index in [1.165, 1.54) is 17.0 Å². The Morgan fingerprint density at radius 1 is 1.00 bits per heavy atom. The lowest BCUT2D eigenvalue weighted by atomic mass is 10.1. The molecule has 0 saturated heterocycles. The topological polar surface area (TPSA) is 43.3 Å². The number of para-hydroxylation sites is 2. The second-order valence-electron chi connectivity index (χ2n) is 7.87. The van der Waals surface area contributed by atoms with Crippen LogP contribution in [0.25, 0.3) is 10.9 Å². The van der Waals surface area contributed by atoms with Crippen molar-refractivity contribution in [1.82, 2.24) is 9.88 Å². The van der Waals surface area contributed by atoms with Crippen LogP contribution in [0.1, 0.15) is 29.5 Å². The molecule has 0 fully saturated rings. The number of carbonyl (C=O) groups excluding carboxylic acids is 1. The maximum atomic E-state index is 13.6. The third-order valence-corrected chi connectivity index (χ3v) is 5.63. The third-order valence-electron chi connectivity index (χ3n) is 5.63. The lowest BCUT2D eigenvalue weighted by Crippen LogP contribution is -2.22. The summed E-state index contributed by atoms with van der Waals surface area (Å²) >= 11 is 0. The number of nitrogens with zero attached hydrogens (tertiary/aromatic N) is 1. The molecule has 164 valence electrons. The number of benzene rings is 3. The van der Waals surface area contributed by atoms with E-state index in [4.69, 9.17) is 4.74 Å². The van der Waals surface area contributed by atoms with Crippen LogP contribution < -0.4 is 10.1 Å². The SMILES string of the molecule is COc1ccccc1CNC(=O)CCCc1cn(Cc2cccc(F)c2)c2ccccc12. The molecule has 1 aromatic heterocycles. The molecule has 3 aromatic carbocycles. The van der Waals surface area contributed by atoms with E-state index in [1.807, 2.05) is 42.5 Å². The molecule has 5 heteroatoms.